The molecule has 0 heterocycles. The van der Waals surface area contributed by atoms with E-state index in [-0.39, 0.29) is 36.5 Å². The summed E-state index contributed by atoms with van der Waals surface area (Å²) in [4.78, 5) is 23.4. The molecule has 0 aromatic heterocycles. The first-order chi connectivity index (χ1) is 11.6. The van der Waals surface area contributed by atoms with Crippen molar-refractivity contribution in [2.75, 3.05) is 11.9 Å². The van der Waals surface area contributed by atoms with E-state index in [4.69, 9.17) is 0 Å². The summed E-state index contributed by atoms with van der Waals surface area (Å²) in [5.74, 6) is -0.624. The number of carbonyl (C=O) groups is 2. The summed E-state index contributed by atoms with van der Waals surface area (Å²) in [6.45, 7) is 5.83. The molecule has 0 spiro atoms. The average molecular weight is 359 g/mol. The molecule has 0 saturated carbocycles. The number of para-hydroxylation sites is 1. The number of benzene rings is 1. The molecule has 0 aliphatic heterocycles. The van der Waals surface area contributed by atoms with Crippen LogP contribution in [0.3, 0.4) is 0 Å². The Bertz CT molecular complexity index is 589. The minimum Gasteiger partial charge on any atom is -0.354 e. The lowest BCUT2D eigenvalue weighted by Crippen LogP contribution is -2.36. The van der Waals surface area contributed by atoms with Gasteiger partial charge in [-0.05, 0) is 32.9 Å². The first kappa shape index (κ1) is 21.0. The molecule has 140 valence electrons. The van der Waals surface area contributed by atoms with Crippen LogP contribution in [0.25, 0.3) is 0 Å². The summed E-state index contributed by atoms with van der Waals surface area (Å²) in [5.41, 5.74) is -1.14. The van der Waals surface area contributed by atoms with Gasteiger partial charge < -0.3 is 16.0 Å². The Labute approximate surface area is 145 Å². The molecule has 1 aromatic rings. The highest BCUT2D eigenvalue weighted by molar-refractivity contribution is 5.92. The Morgan fingerprint density at radius 3 is 2.32 bits per heavy atom. The fourth-order valence-electron chi connectivity index (χ4n) is 2.22. The van der Waals surface area contributed by atoms with Crippen molar-refractivity contribution in [3.05, 3.63) is 29.8 Å². The molecule has 1 aromatic carbocycles. The standard InChI is InChI=1S/C17H24F3N3O2/c1-11(2)22-15(24)8-9-21-12(3)10-16(25)23-14-7-5-4-6-13(14)17(18,19)20/h4-7,11-12,21H,8-10H2,1-3H3,(H,22,24)(H,23,25). The second-order valence-electron chi connectivity index (χ2n) is 6.12. The van der Waals surface area contributed by atoms with Crippen LogP contribution < -0.4 is 16.0 Å². The van der Waals surface area contributed by atoms with Crippen molar-refractivity contribution >= 4 is 17.5 Å². The van der Waals surface area contributed by atoms with Gasteiger partial charge in [0.15, 0.2) is 0 Å². The maximum absolute atomic E-state index is 12.9. The third kappa shape index (κ3) is 8.02. The summed E-state index contributed by atoms with van der Waals surface area (Å²) >= 11 is 0. The lowest BCUT2D eigenvalue weighted by atomic mass is 10.1. The van der Waals surface area contributed by atoms with Crippen LogP contribution in [0.15, 0.2) is 24.3 Å². The molecule has 1 atom stereocenters. The molecule has 0 fully saturated rings. The van der Waals surface area contributed by atoms with E-state index < -0.39 is 17.6 Å². The number of rotatable bonds is 8. The lowest BCUT2D eigenvalue weighted by Gasteiger charge is -2.16. The van der Waals surface area contributed by atoms with Gasteiger partial charge in [0.1, 0.15) is 0 Å². The third-order valence-corrected chi connectivity index (χ3v) is 3.29. The maximum atomic E-state index is 12.9. The van der Waals surface area contributed by atoms with Crippen molar-refractivity contribution in [2.45, 2.75) is 51.9 Å². The fraction of sp³-hybridized carbons (Fsp3) is 0.529. The van der Waals surface area contributed by atoms with Crippen LogP contribution in [0.2, 0.25) is 0 Å². The molecule has 3 N–H and O–H groups in total. The second-order valence-corrected chi connectivity index (χ2v) is 6.12. The smallest absolute Gasteiger partial charge is 0.354 e. The first-order valence-corrected chi connectivity index (χ1v) is 8.08. The SMILES string of the molecule is CC(C)NC(=O)CCNC(C)CC(=O)Nc1ccccc1C(F)(F)F. The third-order valence-electron chi connectivity index (χ3n) is 3.29. The van der Waals surface area contributed by atoms with Gasteiger partial charge in [-0.2, -0.15) is 13.2 Å². The number of hydrogen-bond acceptors (Lipinski definition) is 3. The van der Waals surface area contributed by atoms with Crippen LogP contribution in [0.4, 0.5) is 18.9 Å². The van der Waals surface area contributed by atoms with E-state index in [0.29, 0.717) is 6.54 Å². The van der Waals surface area contributed by atoms with Crippen molar-refractivity contribution < 1.29 is 22.8 Å². The number of anilines is 1. The van der Waals surface area contributed by atoms with Gasteiger partial charge in [-0.3, -0.25) is 9.59 Å². The molecule has 25 heavy (non-hydrogen) atoms. The topological polar surface area (TPSA) is 70.2 Å². The van der Waals surface area contributed by atoms with E-state index in [0.717, 1.165) is 6.07 Å². The number of nitrogens with one attached hydrogen (secondary N) is 3. The molecule has 0 aliphatic carbocycles. The van der Waals surface area contributed by atoms with E-state index in [1.807, 2.05) is 13.8 Å². The Hall–Kier alpha value is -2.09. The second kappa shape index (κ2) is 9.41. The highest BCUT2D eigenvalue weighted by atomic mass is 19.4. The van der Waals surface area contributed by atoms with Gasteiger partial charge >= 0.3 is 6.18 Å². The molecule has 5 nitrogen and oxygen atoms in total. The summed E-state index contributed by atoms with van der Waals surface area (Å²) in [5, 5.41) is 8.04. The quantitative estimate of drug-likeness (QED) is 0.668. The van der Waals surface area contributed by atoms with Crippen LogP contribution in [0.5, 0.6) is 0 Å². The molecule has 0 saturated heterocycles. The van der Waals surface area contributed by atoms with Crippen molar-refractivity contribution in [3.8, 4) is 0 Å². The van der Waals surface area contributed by atoms with Crippen LogP contribution in [-0.2, 0) is 15.8 Å². The molecule has 0 bridgehead atoms. The van der Waals surface area contributed by atoms with Gasteiger partial charge in [-0.15, -0.1) is 0 Å². The molecular formula is C17H24F3N3O2. The molecule has 1 rings (SSSR count). The van der Waals surface area contributed by atoms with Gasteiger partial charge in [-0.25, -0.2) is 0 Å². The van der Waals surface area contributed by atoms with Gasteiger partial charge in [0.25, 0.3) is 0 Å². The Balaban J connectivity index is 2.46. The summed E-state index contributed by atoms with van der Waals surface area (Å²) in [6, 6.07) is 4.62. The molecular weight excluding hydrogens is 335 g/mol. The monoisotopic (exact) mass is 359 g/mol. The van der Waals surface area contributed by atoms with Crippen LogP contribution >= 0.6 is 0 Å². The van der Waals surface area contributed by atoms with E-state index >= 15 is 0 Å². The molecule has 0 aliphatic rings. The number of amides is 2. The fourth-order valence-corrected chi connectivity index (χ4v) is 2.22. The Morgan fingerprint density at radius 1 is 1.08 bits per heavy atom. The van der Waals surface area contributed by atoms with Gasteiger partial charge in [0, 0.05) is 31.5 Å². The lowest BCUT2D eigenvalue weighted by molar-refractivity contribution is -0.137. The predicted molar refractivity (Wildman–Crippen MR) is 90.1 cm³/mol. The number of halogens is 3. The molecule has 1 unspecified atom stereocenters. The van der Waals surface area contributed by atoms with Gasteiger partial charge in [0.2, 0.25) is 11.8 Å². The Morgan fingerprint density at radius 2 is 1.72 bits per heavy atom. The van der Waals surface area contributed by atoms with Crippen molar-refractivity contribution in [2.24, 2.45) is 0 Å². The van der Waals surface area contributed by atoms with E-state index in [1.165, 1.54) is 18.2 Å². The number of hydrogen-bond donors (Lipinski definition) is 3. The molecule has 2 amide bonds. The van der Waals surface area contributed by atoms with Crippen LogP contribution in [0, 0.1) is 0 Å². The minimum absolute atomic E-state index is 0.00199. The highest BCUT2D eigenvalue weighted by Crippen LogP contribution is 2.34. The van der Waals surface area contributed by atoms with Crippen LogP contribution in [0.1, 0.15) is 39.2 Å². The largest absolute Gasteiger partial charge is 0.418 e. The Kier molecular flexibility index (Phi) is 7.89. The van der Waals surface area contributed by atoms with Crippen molar-refractivity contribution in [3.63, 3.8) is 0 Å². The van der Waals surface area contributed by atoms with Gasteiger partial charge in [-0.1, -0.05) is 12.1 Å². The number of carbonyl (C=O) groups excluding carboxylic acids is 2. The first-order valence-electron chi connectivity index (χ1n) is 8.08. The normalized spacial score (nSPS) is 12.8. The highest BCUT2D eigenvalue weighted by Gasteiger charge is 2.33. The maximum Gasteiger partial charge on any atom is 0.418 e. The molecule has 8 heteroatoms. The van der Waals surface area contributed by atoms with Gasteiger partial charge in [0.05, 0.1) is 11.3 Å². The van der Waals surface area contributed by atoms with E-state index in [2.05, 4.69) is 16.0 Å². The van der Waals surface area contributed by atoms with E-state index in [9.17, 15) is 22.8 Å². The zero-order valence-corrected chi connectivity index (χ0v) is 14.5. The van der Waals surface area contributed by atoms with Crippen molar-refractivity contribution in [1.29, 1.82) is 0 Å². The minimum atomic E-state index is -4.53. The molecule has 0 radical (unpaired) electrons. The average Bonchev–Trinajstić information content (AvgIpc) is 2.45. The summed E-state index contributed by atoms with van der Waals surface area (Å²) in [6.07, 6.45) is -4.27. The van der Waals surface area contributed by atoms with Crippen LogP contribution in [-0.4, -0.2) is 30.4 Å². The summed E-state index contributed by atoms with van der Waals surface area (Å²) in [7, 11) is 0. The zero-order valence-electron chi connectivity index (χ0n) is 14.5. The van der Waals surface area contributed by atoms with Crippen molar-refractivity contribution in [1.82, 2.24) is 10.6 Å². The van der Waals surface area contributed by atoms with E-state index in [1.54, 1.807) is 6.92 Å². The zero-order chi connectivity index (χ0) is 19.0. The summed E-state index contributed by atoms with van der Waals surface area (Å²) < 4.78 is 38.7. The number of alkyl halides is 3. The predicted octanol–water partition coefficient (Wildman–Crippen LogP) is 2.93.